The molecule has 1 saturated carbocycles. The van der Waals surface area contributed by atoms with Gasteiger partial charge in [-0.25, -0.2) is 8.42 Å². The molecule has 1 N–H and O–H groups in total. The number of aryl methyl sites for hydroxylation is 3. The van der Waals surface area contributed by atoms with E-state index in [4.69, 9.17) is 0 Å². The lowest BCUT2D eigenvalue weighted by Crippen LogP contribution is -2.44. The molecular weight excluding hydrogens is 396 g/mol. The second-order valence-corrected chi connectivity index (χ2v) is 10.2. The maximum atomic E-state index is 13.5. The van der Waals surface area contributed by atoms with Gasteiger partial charge in [-0.3, -0.25) is 9.10 Å². The van der Waals surface area contributed by atoms with Gasteiger partial charge < -0.3 is 5.32 Å². The average Bonchev–Trinajstić information content (AvgIpc) is 2.97. The maximum absolute atomic E-state index is 13.5. The number of hydrogen-bond acceptors (Lipinski definition) is 3. The van der Waals surface area contributed by atoms with Gasteiger partial charge in [0.15, 0.2) is 0 Å². The summed E-state index contributed by atoms with van der Waals surface area (Å²) in [5, 5.41) is 3.07. The van der Waals surface area contributed by atoms with Gasteiger partial charge >= 0.3 is 0 Å². The molecule has 2 aromatic rings. The van der Waals surface area contributed by atoms with Crippen LogP contribution in [0.5, 0.6) is 0 Å². The molecule has 1 aliphatic rings. The van der Waals surface area contributed by atoms with Crippen LogP contribution in [0.2, 0.25) is 0 Å². The molecule has 0 spiro atoms. The minimum Gasteiger partial charge on any atom is -0.352 e. The second kappa shape index (κ2) is 9.65. The SMILES string of the molecule is Cc1ccc(S(=O)(=O)N(CC(=O)NC2CCCCCC2)c2ccc(C)c(C)c2)cc1. The summed E-state index contributed by atoms with van der Waals surface area (Å²) in [6.07, 6.45) is 6.52. The first-order valence-corrected chi connectivity index (χ1v) is 12.2. The summed E-state index contributed by atoms with van der Waals surface area (Å²) in [6, 6.07) is 12.4. The lowest BCUT2D eigenvalue weighted by atomic mass is 10.1. The number of sulfonamides is 1. The fourth-order valence-electron chi connectivity index (χ4n) is 3.86. The van der Waals surface area contributed by atoms with Gasteiger partial charge in [-0.05, 0) is 69.0 Å². The van der Waals surface area contributed by atoms with E-state index in [9.17, 15) is 13.2 Å². The Morgan fingerprint density at radius 1 is 0.933 bits per heavy atom. The van der Waals surface area contributed by atoms with Crippen LogP contribution < -0.4 is 9.62 Å². The number of benzene rings is 2. The van der Waals surface area contributed by atoms with Crippen LogP contribution in [0.4, 0.5) is 5.69 Å². The molecule has 0 atom stereocenters. The molecule has 1 aliphatic carbocycles. The molecule has 1 amide bonds. The van der Waals surface area contributed by atoms with Crippen LogP contribution in [0.3, 0.4) is 0 Å². The molecule has 30 heavy (non-hydrogen) atoms. The molecule has 2 aromatic carbocycles. The number of anilines is 1. The number of nitrogens with zero attached hydrogens (tertiary/aromatic N) is 1. The highest BCUT2D eigenvalue weighted by Crippen LogP contribution is 2.26. The van der Waals surface area contributed by atoms with E-state index < -0.39 is 10.0 Å². The van der Waals surface area contributed by atoms with Crippen molar-refractivity contribution < 1.29 is 13.2 Å². The van der Waals surface area contributed by atoms with E-state index in [1.807, 2.05) is 32.9 Å². The third-order valence-corrected chi connectivity index (χ3v) is 7.68. The van der Waals surface area contributed by atoms with Gasteiger partial charge in [0, 0.05) is 6.04 Å². The molecule has 3 rings (SSSR count). The first kappa shape index (κ1) is 22.3. The minimum absolute atomic E-state index is 0.128. The summed E-state index contributed by atoms with van der Waals surface area (Å²) in [6.45, 7) is 5.62. The highest BCUT2D eigenvalue weighted by atomic mass is 32.2. The predicted molar refractivity (Wildman–Crippen MR) is 121 cm³/mol. The van der Waals surface area contributed by atoms with E-state index in [-0.39, 0.29) is 23.4 Å². The molecule has 0 bridgehead atoms. The quantitative estimate of drug-likeness (QED) is 0.681. The van der Waals surface area contributed by atoms with Crippen LogP contribution in [0, 0.1) is 20.8 Å². The monoisotopic (exact) mass is 428 g/mol. The largest absolute Gasteiger partial charge is 0.352 e. The Labute approximate surface area is 180 Å². The Hall–Kier alpha value is -2.34. The Bertz CT molecular complexity index is 976. The molecule has 162 valence electrons. The molecule has 0 radical (unpaired) electrons. The van der Waals surface area contributed by atoms with Crippen LogP contribution in [-0.2, 0) is 14.8 Å². The summed E-state index contributed by atoms with van der Waals surface area (Å²) in [4.78, 5) is 13.1. The van der Waals surface area contributed by atoms with E-state index >= 15 is 0 Å². The van der Waals surface area contributed by atoms with Crippen molar-refractivity contribution in [2.75, 3.05) is 10.8 Å². The van der Waals surface area contributed by atoms with E-state index in [1.165, 1.54) is 17.1 Å². The van der Waals surface area contributed by atoms with Crippen molar-refractivity contribution in [3.63, 3.8) is 0 Å². The summed E-state index contributed by atoms with van der Waals surface area (Å²) < 4.78 is 28.2. The third-order valence-electron chi connectivity index (χ3n) is 5.89. The van der Waals surface area contributed by atoms with Crippen molar-refractivity contribution in [2.24, 2.45) is 0 Å². The number of carbonyl (C=O) groups excluding carboxylic acids is 1. The number of rotatable bonds is 6. The topological polar surface area (TPSA) is 66.5 Å². The van der Waals surface area contributed by atoms with Crippen LogP contribution in [0.1, 0.15) is 55.2 Å². The summed E-state index contributed by atoms with van der Waals surface area (Å²) in [5.74, 6) is -0.254. The first-order valence-electron chi connectivity index (χ1n) is 10.7. The van der Waals surface area contributed by atoms with Gasteiger partial charge in [0.2, 0.25) is 5.91 Å². The normalized spacial score (nSPS) is 15.4. The van der Waals surface area contributed by atoms with Crippen molar-refractivity contribution >= 4 is 21.6 Å². The van der Waals surface area contributed by atoms with Crippen LogP contribution in [-0.4, -0.2) is 26.9 Å². The van der Waals surface area contributed by atoms with Gasteiger partial charge in [-0.1, -0.05) is 49.4 Å². The standard InChI is InChI=1S/C24H32N2O3S/c1-18-10-14-23(15-11-18)30(28,29)26(22-13-12-19(2)20(3)16-22)17-24(27)25-21-8-6-4-5-7-9-21/h10-16,21H,4-9,17H2,1-3H3,(H,25,27). The fraction of sp³-hybridized carbons (Fsp3) is 0.458. The van der Waals surface area contributed by atoms with Gasteiger partial charge in [-0.15, -0.1) is 0 Å². The number of amides is 1. The van der Waals surface area contributed by atoms with Crippen molar-refractivity contribution in [3.8, 4) is 0 Å². The lowest BCUT2D eigenvalue weighted by Gasteiger charge is -2.26. The molecule has 0 saturated heterocycles. The molecule has 0 aromatic heterocycles. The molecule has 0 heterocycles. The van der Waals surface area contributed by atoms with E-state index in [1.54, 1.807) is 30.3 Å². The van der Waals surface area contributed by atoms with Gasteiger partial charge in [-0.2, -0.15) is 0 Å². The lowest BCUT2D eigenvalue weighted by molar-refractivity contribution is -0.120. The smallest absolute Gasteiger partial charge is 0.264 e. The van der Waals surface area contributed by atoms with Gasteiger partial charge in [0.05, 0.1) is 10.6 Å². The Kier molecular flexibility index (Phi) is 7.19. The zero-order chi connectivity index (χ0) is 21.7. The highest BCUT2D eigenvalue weighted by molar-refractivity contribution is 7.92. The average molecular weight is 429 g/mol. The zero-order valence-electron chi connectivity index (χ0n) is 18.1. The Morgan fingerprint density at radius 2 is 1.57 bits per heavy atom. The maximum Gasteiger partial charge on any atom is 0.264 e. The van der Waals surface area contributed by atoms with Crippen LogP contribution >= 0.6 is 0 Å². The van der Waals surface area contributed by atoms with Crippen LogP contribution in [0.15, 0.2) is 47.4 Å². The summed E-state index contributed by atoms with van der Waals surface area (Å²) in [5.41, 5.74) is 3.56. The van der Waals surface area contributed by atoms with E-state index in [0.717, 1.165) is 42.4 Å². The van der Waals surface area contributed by atoms with Crippen LogP contribution in [0.25, 0.3) is 0 Å². The highest BCUT2D eigenvalue weighted by Gasteiger charge is 2.28. The molecule has 1 fully saturated rings. The minimum atomic E-state index is -3.87. The molecular formula is C24H32N2O3S. The predicted octanol–water partition coefficient (Wildman–Crippen LogP) is 4.65. The van der Waals surface area contributed by atoms with Crippen molar-refractivity contribution in [3.05, 3.63) is 59.2 Å². The number of nitrogens with one attached hydrogen (secondary N) is 1. The number of hydrogen-bond donors (Lipinski definition) is 1. The molecule has 0 aliphatic heterocycles. The van der Waals surface area contributed by atoms with Crippen molar-refractivity contribution in [1.82, 2.24) is 5.32 Å². The molecule has 5 nitrogen and oxygen atoms in total. The van der Waals surface area contributed by atoms with Crippen molar-refractivity contribution in [1.29, 1.82) is 0 Å². The second-order valence-electron chi connectivity index (χ2n) is 8.35. The molecule has 0 unspecified atom stereocenters. The Balaban J connectivity index is 1.89. The van der Waals surface area contributed by atoms with E-state index in [0.29, 0.717) is 5.69 Å². The third kappa shape index (κ3) is 5.42. The zero-order valence-corrected chi connectivity index (χ0v) is 19.0. The first-order chi connectivity index (χ1) is 14.3. The van der Waals surface area contributed by atoms with Gasteiger partial charge in [0.25, 0.3) is 10.0 Å². The summed E-state index contributed by atoms with van der Waals surface area (Å²) >= 11 is 0. The summed E-state index contributed by atoms with van der Waals surface area (Å²) in [7, 11) is -3.87. The molecule has 6 heteroatoms. The van der Waals surface area contributed by atoms with E-state index in [2.05, 4.69) is 5.32 Å². The fourth-order valence-corrected chi connectivity index (χ4v) is 5.27. The van der Waals surface area contributed by atoms with Gasteiger partial charge in [0.1, 0.15) is 6.54 Å². The Morgan fingerprint density at radius 3 is 2.17 bits per heavy atom. The number of carbonyl (C=O) groups is 1. The van der Waals surface area contributed by atoms with Crippen molar-refractivity contribution in [2.45, 2.75) is 70.2 Å².